The molecule has 0 aliphatic carbocycles. The van der Waals surface area contributed by atoms with E-state index in [4.69, 9.17) is 16.0 Å². The van der Waals surface area contributed by atoms with Gasteiger partial charge in [0.05, 0.1) is 5.69 Å². The molecular formula is C11H6BrClFNO2. The van der Waals surface area contributed by atoms with Gasteiger partial charge >= 0.3 is 0 Å². The Hall–Kier alpha value is -1.33. The van der Waals surface area contributed by atoms with E-state index in [1.165, 1.54) is 24.3 Å². The lowest BCUT2D eigenvalue weighted by molar-refractivity contribution is 0.0996. The Morgan fingerprint density at radius 2 is 2.12 bits per heavy atom. The zero-order valence-electron chi connectivity index (χ0n) is 8.34. The number of carbonyl (C=O) groups is 1. The Labute approximate surface area is 110 Å². The van der Waals surface area contributed by atoms with Crippen molar-refractivity contribution in [2.45, 2.75) is 0 Å². The maximum Gasteiger partial charge on any atom is 0.291 e. The monoisotopic (exact) mass is 317 g/mol. The molecule has 1 aromatic carbocycles. The Balaban J connectivity index is 2.24. The number of nitrogens with one attached hydrogen (secondary N) is 1. The van der Waals surface area contributed by atoms with Gasteiger partial charge in [0.1, 0.15) is 5.82 Å². The summed E-state index contributed by atoms with van der Waals surface area (Å²) in [5.74, 6) is -1.08. The minimum atomic E-state index is -0.567. The molecule has 0 bridgehead atoms. The van der Waals surface area contributed by atoms with Gasteiger partial charge in [0, 0.05) is 4.47 Å². The molecule has 0 aliphatic heterocycles. The van der Waals surface area contributed by atoms with Crippen LogP contribution in [-0.2, 0) is 0 Å². The van der Waals surface area contributed by atoms with Crippen LogP contribution in [0.3, 0.4) is 0 Å². The fourth-order valence-corrected chi connectivity index (χ4v) is 1.82. The van der Waals surface area contributed by atoms with Gasteiger partial charge < -0.3 is 9.73 Å². The van der Waals surface area contributed by atoms with Gasteiger partial charge in [-0.3, -0.25) is 4.79 Å². The third-order valence-electron chi connectivity index (χ3n) is 2.00. The molecule has 6 heteroatoms. The molecule has 88 valence electrons. The van der Waals surface area contributed by atoms with Gasteiger partial charge in [-0.25, -0.2) is 4.39 Å². The third-order valence-corrected chi connectivity index (χ3v) is 2.86. The Bertz CT molecular complexity index is 550. The highest BCUT2D eigenvalue weighted by Crippen LogP contribution is 2.26. The van der Waals surface area contributed by atoms with Crippen LogP contribution in [0.25, 0.3) is 0 Å². The molecular weight excluding hydrogens is 312 g/mol. The maximum absolute atomic E-state index is 13.4. The van der Waals surface area contributed by atoms with E-state index in [9.17, 15) is 9.18 Å². The van der Waals surface area contributed by atoms with Crippen LogP contribution in [-0.4, -0.2) is 5.91 Å². The van der Waals surface area contributed by atoms with Crippen molar-refractivity contribution in [3.8, 4) is 0 Å². The highest BCUT2D eigenvalue weighted by Gasteiger charge is 2.14. The van der Waals surface area contributed by atoms with Crippen LogP contribution in [0.15, 0.2) is 39.2 Å². The first-order valence-electron chi connectivity index (χ1n) is 4.58. The number of hydrogen-bond acceptors (Lipinski definition) is 2. The number of amides is 1. The zero-order chi connectivity index (χ0) is 12.4. The predicted octanol–water partition coefficient (Wildman–Crippen LogP) is 4.09. The number of hydrogen-bond donors (Lipinski definition) is 1. The zero-order valence-corrected chi connectivity index (χ0v) is 10.7. The molecule has 1 aromatic heterocycles. The first-order chi connectivity index (χ1) is 8.08. The van der Waals surface area contributed by atoms with Crippen LogP contribution >= 0.6 is 27.5 Å². The number of carbonyl (C=O) groups excluding carboxylic acids is 1. The number of para-hydroxylation sites is 1. The van der Waals surface area contributed by atoms with E-state index in [1.807, 2.05) is 0 Å². The second kappa shape index (κ2) is 4.89. The molecule has 2 aromatic rings. The lowest BCUT2D eigenvalue weighted by Crippen LogP contribution is -2.12. The summed E-state index contributed by atoms with van der Waals surface area (Å²) >= 11 is 8.68. The SMILES string of the molecule is O=C(Nc1c(F)cccc1Br)c1ccc(Cl)o1. The molecule has 3 nitrogen and oxygen atoms in total. The molecule has 0 fully saturated rings. The molecule has 0 saturated carbocycles. The summed E-state index contributed by atoms with van der Waals surface area (Å²) in [5.41, 5.74) is 0.0602. The van der Waals surface area contributed by atoms with Crippen molar-refractivity contribution >= 4 is 39.1 Å². The highest BCUT2D eigenvalue weighted by atomic mass is 79.9. The molecule has 2 rings (SSSR count). The normalized spacial score (nSPS) is 10.3. The minimum absolute atomic E-state index is 0.0187. The summed E-state index contributed by atoms with van der Waals surface area (Å²) in [6.45, 7) is 0. The summed E-state index contributed by atoms with van der Waals surface area (Å²) in [5, 5.41) is 2.49. The molecule has 0 spiro atoms. The van der Waals surface area contributed by atoms with Crippen molar-refractivity contribution in [1.29, 1.82) is 0 Å². The predicted molar refractivity (Wildman–Crippen MR) is 65.8 cm³/mol. The van der Waals surface area contributed by atoms with Crippen molar-refractivity contribution in [3.63, 3.8) is 0 Å². The van der Waals surface area contributed by atoms with Crippen LogP contribution < -0.4 is 5.32 Å². The second-order valence-electron chi connectivity index (χ2n) is 3.15. The van der Waals surface area contributed by atoms with Crippen molar-refractivity contribution in [3.05, 3.63) is 51.6 Å². The number of rotatable bonds is 2. The van der Waals surface area contributed by atoms with Crippen molar-refractivity contribution in [1.82, 2.24) is 0 Å². The van der Waals surface area contributed by atoms with Gasteiger partial charge in [-0.15, -0.1) is 0 Å². The van der Waals surface area contributed by atoms with Crippen molar-refractivity contribution < 1.29 is 13.6 Å². The lowest BCUT2D eigenvalue weighted by Gasteiger charge is -2.06. The molecule has 0 atom stereocenters. The van der Waals surface area contributed by atoms with Crippen LogP contribution in [0.5, 0.6) is 0 Å². The number of furan rings is 1. The largest absolute Gasteiger partial charge is 0.440 e. The van der Waals surface area contributed by atoms with E-state index in [2.05, 4.69) is 21.2 Å². The van der Waals surface area contributed by atoms with E-state index in [1.54, 1.807) is 6.07 Å². The number of anilines is 1. The summed E-state index contributed by atoms with van der Waals surface area (Å²) in [6, 6.07) is 7.24. The molecule has 1 N–H and O–H groups in total. The molecule has 1 heterocycles. The van der Waals surface area contributed by atoms with E-state index >= 15 is 0 Å². The van der Waals surface area contributed by atoms with Gasteiger partial charge in [-0.1, -0.05) is 6.07 Å². The smallest absolute Gasteiger partial charge is 0.291 e. The molecule has 1 amide bonds. The summed E-state index contributed by atoms with van der Waals surface area (Å²) < 4.78 is 18.8. The van der Waals surface area contributed by atoms with Gasteiger partial charge in [-0.05, 0) is 51.8 Å². The number of benzene rings is 1. The fourth-order valence-electron chi connectivity index (χ4n) is 1.23. The van der Waals surface area contributed by atoms with Crippen LogP contribution in [0.2, 0.25) is 5.22 Å². The van der Waals surface area contributed by atoms with Gasteiger partial charge in [0.2, 0.25) is 0 Å². The molecule has 0 saturated heterocycles. The van der Waals surface area contributed by atoms with E-state index in [0.29, 0.717) is 4.47 Å². The van der Waals surface area contributed by atoms with Crippen LogP contribution in [0.1, 0.15) is 10.6 Å². The van der Waals surface area contributed by atoms with Gasteiger partial charge in [0.25, 0.3) is 5.91 Å². The Morgan fingerprint density at radius 1 is 1.35 bits per heavy atom. The molecule has 0 aliphatic rings. The molecule has 0 radical (unpaired) electrons. The first-order valence-corrected chi connectivity index (χ1v) is 5.75. The first kappa shape index (κ1) is 12.1. The minimum Gasteiger partial charge on any atom is -0.440 e. The topological polar surface area (TPSA) is 42.2 Å². The fraction of sp³-hybridized carbons (Fsp3) is 0. The van der Waals surface area contributed by atoms with Gasteiger partial charge in [0.15, 0.2) is 11.0 Å². The maximum atomic E-state index is 13.4. The van der Waals surface area contributed by atoms with E-state index in [-0.39, 0.29) is 16.7 Å². The highest BCUT2D eigenvalue weighted by molar-refractivity contribution is 9.10. The van der Waals surface area contributed by atoms with E-state index in [0.717, 1.165) is 0 Å². The lowest BCUT2D eigenvalue weighted by atomic mass is 10.3. The van der Waals surface area contributed by atoms with Crippen molar-refractivity contribution in [2.75, 3.05) is 5.32 Å². The van der Waals surface area contributed by atoms with Crippen molar-refractivity contribution in [2.24, 2.45) is 0 Å². The van der Waals surface area contributed by atoms with Gasteiger partial charge in [-0.2, -0.15) is 0 Å². The second-order valence-corrected chi connectivity index (χ2v) is 4.38. The quantitative estimate of drug-likeness (QED) is 0.906. The molecule has 0 unspecified atom stereocenters. The average Bonchev–Trinajstić information content (AvgIpc) is 2.70. The summed E-state index contributed by atoms with van der Waals surface area (Å²) in [6.07, 6.45) is 0. The third kappa shape index (κ3) is 2.68. The Morgan fingerprint density at radius 3 is 2.71 bits per heavy atom. The van der Waals surface area contributed by atoms with Crippen LogP contribution in [0, 0.1) is 5.82 Å². The number of halogens is 3. The Kier molecular flexibility index (Phi) is 3.49. The summed E-state index contributed by atoms with van der Waals surface area (Å²) in [7, 11) is 0. The van der Waals surface area contributed by atoms with E-state index < -0.39 is 11.7 Å². The van der Waals surface area contributed by atoms with Crippen LogP contribution in [0.4, 0.5) is 10.1 Å². The standard InChI is InChI=1S/C11H6BrClFNO2/c12-6-2-1-3-7(14)10(6)15-11(16)8-4-5-9(13)17-8/h1-5H,(H,15,16). The summed E-state index contributed by atoms with van der Waals surface area (Å²) in [4.78, 5) is 11.7. The molecule has 17 heavy (non-hydrogen) atoms. The average molecular weight is 319 g/mol.